The van der Waals surface area contributed by atoms with Gasteiger partial charge in [0.2, 0.25) is 5.91 Å². The second-order valence-electron chi connectivity index (χ2n) is 7.44. The first-order valence-electron chi connectivity index (χ1n) is 10.8. The summed E-state index contributed by atoms with van der Waals surface area (Å²) in [6.07, 6.45) is 2.41. The number of carboxylic acid groups (broad SMARTS) is 1. The molecule has 2 unspecified atom stereocenters. The molecule has 11 nitrogen and oxygen atoms in total. The van der Waals surface area contributed by atoms with Crippen LogP contribution in [0, 0.1) is 5.41 Å². The molecule has 35 heavy (non-hydrogen) atoms. The molecule has 0 heterocycles. The average Bonchev–Trinajstić information content (AvgIpc) is 2.85. The molecule has 0 aliphatic heterocycles. The summed E-state index contributed by atoms with van der Waals surface area (Å²) in [5.74, 6) is -2.09. The number of thioether (sulfide) groups is 1. The lowest BCUT2D eigenvalue weighted by Crippen LogP contribution is -2.52. The van der Waals surface area contributed by atoms with Crippen LogP contribution in [0.15, 0.2) is 69.7 Å². The Hall–Kier alpha value is -3.93. The van der Waals surface area contributed by atoms with Crippen LogP contribution in [0.2, 0.25) is 0 Å². The lowest BCUT2D eigenvalue weighted by Gasteiger charge is -2.27. The van der Waals surface area contributed by atoms with E-state index in [0.717, 1.165) is 9.80 Å². The largest absolute Gasteiger partial charge is 0.480 e. The molecule has 2 atom stereocenters. The van der Waals surface area contributed by atoms with Gasteiger partial charge in [-0.3, -0.25) is 15.1 Å². The maximum atomic E-state index is 13.0. The number of urea groups is 1. The maximum absolute atomic E-state index is 13.0. The summed E-state index contributed by atoms with van der Waals surface area (Å²) in [4.78, 5) is 39.8. The molecular formula is C23H29N7O4S. The Labute approximate surface area is 207 Å². The SMILES string of the molecule is CSc1ccc(/N=N/C(=O)N(c2ccccc2)C(C)C(=O)NC(CCCNC(=N)N)C(=O)O)cc1. The van der Waals surface area contributed by atoms with E-state index in [1.165, 1.54) is 6.92 Å². The minimum absolute atomic E-state index is 0.110. The molecule has 0 fully saturated rings. The number of azo groups is 1. The van der Waals surface area contributed by atoms with Crippen molar-refractivity contribution < 1.29 is 19.5 Å². The van der Waals surface area contributed by atoms with Gasteiger partial charge < -0.3 is 21.5 Å². The van der Waals surface area contributed by atoms with Crippen LogP contribution in [0.4, 0.5) is 16.2 Å². The number of hydrogen-bond acceptors (Lipinski definition) is 6. The number of para-hydroxylation sites is 1. The van der Waals surface area contributed by atoms with Crippen molar-refractivity contribution >= 4 is 47.0 Å². The van der Waals surface area contributed by atoms with Crippen LogP contribution in [0.1, 0.15) is 19.8 Å². The number of anilines is 1. The van der Waals surface area contributed by atoms with E-state index in [1.54, 1.807) is 54.2 Å². The second kappa shape index (κ2) is 13.7. The molecule has 0 aliphatic carbocycles. The van der Waals surface area contributed by atoms with Gasteiger partial charge in [0.25, 0.3) is 0 Å². The van der Waals surface area contributed by atoms with E-state index in [2.05, 4.69) is 20.9 Å². The third kappa shape index (κ3) is 8.74. The van der Waals surface area contributed by atoms with E-state index in [-0.39, 0.29) is 18.9 Å². The Bertz CT molecular complexity index is 1050. The van der Waals surface area contributed by atoms with Crippen LogP contribution < -0.4 is 21.3 Å². The quantitative estimate of drug-likeness (QED) is 0.104. The molecule has 0 aromatic heterocycles. The number of guanidine groups is 1. The Morgan fingerprint density at radius 3 is 2.37 bits per heavy atom. The normalized spacial score (nSPS) is 12.5. The van der Waals surface area contributed by atoms with Crippen molar-refractivity contribution in [3.63, 3.8) is 0 Å². The van der Waals surface area contributed by atoms with Gasteiger partial charge >= 0.3 is 12.0 Å². The predicted molar refractivity (Wildman–Crippen MR) is 135 cm³/mol. The molecule has 12 heteroatoms. The van der Waals surface area contributed by atoms with Gasteiger partial charge in [0, 0.05) is 17.1 Å². The second-order valence-corrected chi connectivity index (χ2v) is 8.32. The number of carbonyl (C=O) groups is 3. The van der Waals surface area contributed by atoms with Crippen LogP contribution in [0.3, 0.4) is 0 Å². The van der Waals surface area contributed by atoms with Gasteiger partial charge in [0.1, 0.15) is 12.1 Å². The number of rotatable bonds is 11. The van der Waals surface area contributed by atoms with Crippen molar-refractivity contribution in [3.05, 3.63) is 54.6 Å². The van der Waals surface area contributed by atoms with Crippen molar-refractivity contribution in [3.8, 4) is 0 Å². The van der Waals surface area contributed by atoms with Crippen molar-refractivity contribution in [2.75, 3.05) is 17.7 Å². The van der Waals surface area contributed by atoms with E-state index < -0.39 is 30.0 Å². The molecule has 2 aromatic rings. The topological polar surface area (TPSA) is 173 Å². The first kappa shape index (κ1) is 27.3. The first-order valence-corrected chi connectivity index (χ1v) is 12.0. The summed E-state index contributed by atoms with van der Waals surface area (Å²) in [7, 11) is 0. The predicted octanol–water partition coefficient (Wildman–Crippen LogP) is 3.34. The monoisotopic (exact) mass is 499 g/mol. The van der Waals surface area contributed by atoms with E-state index in [0.29, 0.717) is 17.8 Å². The Kier molecular flexibility index (Phi) is 10.7. The van der Waals surface area contributed by atoms with Gasteiger partial charge in [-0.05, 0) is 62.4 Å². The summed E-state index contributed by atoms with van der Waals surface area (Å²) in [6.45, 7) is 1.77. The minimum Gasteiger partial charge on any atom is -0.480 e. The van der Waals surface area contributed by atoms with Crippen molar-refractivity contribution in [2.45, 2.75) is 36.7 Å². The lowest BCUT2D eigenvalue weighted by atomic mass is 10.1. The van der Waals surface area contributed by atoms with Crippen molar-refractivity contribution in [1.29, 1.82) is 5.41 Å². The standard InChI is InChI=1S/C23H29N7O4S/c1-15(20(31)27-19(21(32)33)9-6-14-26-22(24)25)30(17-7-4-3-5-8-17)23(34)29-28-16-10-12-18(35-2)13-11-16/h3-5,7-8,10-13,15,19H,6,9,14H2,1-2H3,(H,27,31)(H,32,33)(H4,24,25,26)/b29-28+. The van der Waals surface area contributed by atoms with Crippen molar-refractivity contribution in [1.82, 2.24) is 10.6 Å². The lowest BCUT2D eigenvalue weighted by molar-refractivity contribution is -0.142. The highest BCUT2D eigenvalue weighted by Gasteiger charge is 2.30. The van der Waals surface area contributed by atoms with Crippen molar-refractivity contribution in [2.24, 2.45) is 16.0 Å². The Morgan fingerprint density at radius 1 is 1.14 bits per heavy atom. The van der Waals surface area contributed by atoms with E-state index in [1.807, 2.05) is 18.4 Å². The minimum atomic E-state index is -1.21. The Morgan fingerprint density at radius 2 is 1.80 bits per heavy atom. The molecule has 0 radical (unpaired) electrons. The third-order valence-corrected chi connectivity index (χ3v) is 5.67. The molecule has 6 N–H and O–H groups in total. The molecule has 2 aromatic carbocycles. The fourth-order valence-corrected chi connectivity index (χ4v) is 3.49. The summed E-state index contributed by atoms with van der Waals surface area (Å²) in [5, 5.41) is 29.5. The fourth-order valence-electron chi connectivity index (χ4n) is 3.08. The number of nitrogens with zero attached hydrogens (tertiary/aromatic N) is 3. The number of carboxylic acids is 1. The Balaban J connectivity index is 2.17. The molecule has 0 aliphatic rings. The number of nitrogens with two attached hydrogens (primary N) is 1. The average molecular weight is 500 g/mol. The number of hydrogen-bond donors (Lipinski definition) is 5. The smallest absolute Gasteiger partial charge is 0.367 e. The third-order valence-electron chi connectivity index (χ3n) is 4.93. The number of benzene rings is 2. The molecule has 0 saturated heterocycles. The fraction of sp³-hybridized carbons (Fsp3) is 0.304. The summed E-state index contributed by atoms with van der Waals surface area (Å²) in [6, 6.07) is 12.6. The summed E-state index contributed by atoms with van der Waals surface area (Å²) < 4.78 is 0. The van der Waals surface area contributed by atoms with Gasteiger partial charge in [0.15, 0.2) is 5.96 Å². The van der Waals surface area contributed by atoms with E-state index in [4.69, 9.17) is 11.1 Å². The first-order chi connectivity index (χ1) is 16.7. The van der Waals surface area contributed by atoms with Crippen LogP contribution in [0.25, 0.3) is 0 Å². The van der Waals surface area contributed by atoms with Gasteiger partial charge in [-0.15, -0.1) is 16.9 Å². The molecule has 0 spiro atoms. The number of carbonyl (C=O) groups excluding carboxylic acids is 2. The molecule has 2 rings (SSSR count). The van der Waals surface area contributed by atoms with Crippen LogP contribution in [-0.4, -0.2) is 53.9 Å². The van der Waals surface area contributed by atoms with Crippen LogP contribution in [0.5, 0.6) is 0 Å². The van der Waals surface area contributed by atoms with Gasteiger partial charge in [-0.2, -0.15) is 0 Å². The zero-order valence-corrected chi connectivity index (χ0v) is 20.3. The molecule has 186 valence electrons. The highest BCUT2D eigenvalue weighted by Crippen LogP contribution is 2.22. The highest BCUT2D eigenvalue weighted by molar-refractivity contribution is 7.98. The summed E-state index contributed by atoms with van der Waals surface area (Å²) >= 11 is 1.57. The number of nitrogens with one attached hydrogen (secondary N) is 3. The van der Waals surface area contributed by atoms with Gasteiger partial charge in [-0.25, -0.2) is 9.59 Å². The van der Waals surface area contributed by atoms with Crippen LogP contribution in [-0.2, 0) is 9.59 Å². The zero-order chi connectivity index (χ0) is 25.8. The maximum Gasteiger partial charge on any atom is 0.367 e. The van der Waals surface area contributed by atoms with Gasteiger partial charge in [0.05, 0.1) is 5.69 Å². The molecule has 3 amide bonds. The van der Waals surface area contributed by atoms with Crippen LogP contribution >= 0.6 is 11.8 Å². The summed E-state index contributed by atoms with van der Waals surface area (Å²) in [5.41, 5.74) is 6.10. The van der Waals surface area contributed by atoms with E-state index >= 15 is 0 Å². The van der Waals surface area contributed by atoms with E-state index in [9.17, 15) is 19.5 Å². The van der Waals surface area contributed by atoms with Gasteiger partial charge in [-0.1, -0.05) is 23.3 Å². The molecular weight excluding hydrogens is 470 g/mol. The number of aliphatic carboxylic acids is 1. The number of amides is 3. The zero-order valence-electron chi connectivity index (χ0n) is 19.5. The molecule has 0 saturated carbocycles. The molecule has 0 bridgehead atoms. The highest BCUT2D eigenvalue weighted by atomic mass is 32.2.